The number of sulfonamides is 1. The quantitative estimate of drug-likeness (QED) is 0.634. The zero-order chi connectivity index (χ0) is 20.3. The Morgan fingerprint density at radius 2 is 1.79 bits per heavy atom. The summed E-state index contributed by atoms with van der Waals surface area (Å²) in [6.07, 6.45) is 0. The van der Waals surface area contributed by atoms with Crippen molar-refractivity contribution in [2.45, 2.75) is 25.3 Å². The maximum absolute atomic E-state index is 12.5. The summed E-state index contributed by atoms with van der Waals surface area (Å²) in [4.78, 5) is 12.3. The number of rotatable bonds is 6. The standard InChI is InChI=1S/C19H18ClN3O4S/c1-12-18(13(2)27-22-12)28(25,26)23-16-9-7-14(8-10-16)19(24)21-11-15-5-3-4-6-17(15)20/h3-10,23H,11H2,1-2H3,(H,21,24). The smallest absolute Gasteiger partial charge is 0.267 e. The number of carbonyl (C=O) groups excluding carboxylic acids is 1. The zero-order valence-corrected chi connectivity index (χ0v) is 16.8. The van der Waals surface area contributed by atoms with Crippen LogP contribution in [-0.2, 0) is 16.6 Å². The summed E-state index contributed by atoms with van der Waals surface area (Å²) < 4.78 is 32.4. The number of aryl methyl sites for hydroxylation is 2. The molecule has 0 spiro atoms. The fraction of sp³-hybridized carbons (Fsp3) is 0.158. The van der Waals surface area contributed by atoms with Crippen LogP contribution in [0.1, 0.15) is 27.4 Å². The third-order valence-corrected chi connectivity index (χ3v) is 6.03. The molecule has 146 valence electrons. The van der Waals surface area contributed by atoms with Crippen LogP contribution in [0.3, 0.4) is 0 Å². The topological polar surface area (TPSA) is 101 Å². The van der Waals surface area contributed by atoms with Crippen molar-refractivity contribution in [2.75, 3.05) is 4.72 Å². The van der Waals surface area contributed by atoms with Gasteiger partial charge in [0.05, 0.1) is 0 Å². The van der Waals surface area contributed by atoms with Crippen molar-refractivity contribution in [3.05, 3.63) is 76.1 Å². The number of halogens is 1. The first kappa shape index (κ1) is 19.9. The Morgan fingerprint density at radius 3 is 2.39 bits per heavy atom. The van der Waals surface area contributed by atoms with E-state index < -0.39 is 10.0 Å². The van der Waals surface area contributed by atoms with Crippen LogP contribution < -0.4 is 10.0 Å². The fourth-order valence-electron chi connectivity index (χ4n) is 2.67. The van der Waals surface area contributed by atoms with Gasteiger partial charge in [-0.3, -0.25) is 9.52 Å². The van der Waals surface area contributed by atoms with Crippen molar-refractivity contribution in [3.8, 4) is 0 Å². The lowest BCUT2D eigenvalue weighted by Gasteiger charge is -2.09. The molecule has 2 aromatic carbocycles. The second-order valence-electron chi connectivity index (χ2n) is 6.11. The van der Waals surface area contributed by atoms with Gasteiger partial charge in [-0.05, 0) is 49.7 Å². The Balaban J connectivity index is 1.68. The lowest BCUT2D eigenvalue weighted by molar-refractivity contribution is 0.0951. The first-order valence-electron chi connectivity index (χ1n) is 8.35. The van der Waals surface area contributed by atoms with Gasteiger partial charge in [-0.15, -0.1) is 0 Å². The third kappa shape index (κ3) is 4.35. The Morgan fingerprint density at radius 1 is 1.11 bits per heavy atom. The van der Waals surface area contributed by atoms with Gasteiger partial charge in [-0.25, -0.2) is 8.42 Å². The van der Waals surface area contributed by atoms with Gasteiger partial charge in [-0.1, -0.05) is 35.0 Å². The van der Waals surface area contributed by atoms with Crippen molar-refractivity contribution >= 4 is 33.2 Å². The van der Waals surface area contributed by atoms with Gasteiger partial charge in [0, 0.05) is 22.8 Å². The van der Waals surface area contributed by atoms with Crippen molar-refractivity contribution in [1.29, 1.82) is 0 Å². The molecule has 3 aromatic rings. The largest absolute Gasteiger partial charge is 0.360 e. The second-order valence-corrected chi connectivity index (χ2v) is 8.14. The maximum Gasteiger partial charge on any atom is 0.267 e. The molecule has 2 N–H and O–H groups in total. The summed E-state index contributed by atoms with van der Waals surface area (Å²) >= 11 is 6.07. The normalized spacial score (nSPS) is 11.2. The fourth-order valence-corrected chi connectivity index (χ4v) is 4.27. The molecule has 7 nitrogen and oxygen atoms in total. The van der Waals surface area contributed by atoms with E-state index >= 15 is 0 Å². The average Bonchev–Trinajstić information content (AvgIpc) is 3.00. The molecule has 0 aliphatic heterocycles. The van der Waals surface area contributed by atoms with Crippen LogP contribution in [0.15, 0.2) is 57.9 Å². The number of hydrogen-bond acceptors (Lipinski definition) is 5. The number of hydrogen-bond donors (Lipinski definition) is 2. The molecular weight excluding hydrogens is 402 g/mol. The molecule has 1 amide bonds. The van der Waals surface area contributed by atoms with E-state index in [9.17, 15) is 13.2 Å². The summed E-state index contributed by atoms with van der Waals surface area (Å²) in [6, 6.07) is 13.3. The van der Waals surface area contributed by atoms with E-state index in [2.05, 4.69) is 15.2 Å². The highest BCUT2D eigenvalue weighted by atomic mass is 35.5. The third-order valence-electron chi connectivity index (χ3n) is 4.03. The van der Waals surface area contributed by atoms with Crippen LogP contribution in [0.2, 0.25) is 5.02 Å². The van der Waals surface area contributed by atoms with Crippen LogP contribution in [0.5, 0.6) is 0 Å². The highest BCUT2D eigenvalue weighted by molar-refractivity contribution is 7.92. The molecular formula is C19H18ClN3O4S. The lowest BCUT2D eigenvalue weighted by atomic mass is 10.2. The molecule has 0 aliphatic carbocycles. The molecule has 0 saturated carbocycles. The molecule has 0 radical (unpaired) electrons. The van der Waals surface area contributed by atoms with E-state index in [1.54, 1.807) is 13.0 Å². The Hall–Kier alpha value is -2.84. The molecule has 0 atom stereocenters. The molecule has 9 heteroatoms. The molecule has 28 heavy (non-hydrogen) atoms. The van der Waals surface area contributed by atoms with E-state index in [-0.39, 0.29) is 22.3 Å². The van der Waals surface area contributed by atoms with E-state index in [0.29, 0.717) is 22.8 Å². The van der Waals surface area contributed by atoms with Crippen LogP contribution >= 0.6 is 11.6 Å². The Labute approximate surface area is 167 Å². The van der Waals surface area contributed by atoms with E-state index in [1.165, 1.54) is 31.2 Å². The number of nitrogens with one attached hydrogen (secondary N) is 2. The Kier molecular flexibility index (Phi) is 5.71. The molecule has 0 bridgehead atoms. The summed E-state index contributed by atoms with van der Waals surface area (Å²) in [6.45, 7) is 3.37. The minimum absolute atomic E-state index is 0.00839. The molecule has 0 fully saturated rings. The van der Waals surface area contributed by atoms with E-state index in [4.69, 9.17) is 16.1 Å². The van der Waals surface area contributed by atoms with Gasteiger partial charge < -0.3 is 9.84 Å². The molecule has 3 rings (SSSR count). The second kappa shape index (κ2) is 8.04. The minimum atomic E-state index is -3.84. The van der Waals surface area contributed by atoms with E-state index in [0.717, 1.165) is 5.56 Å². The van der Waals surface area contributed by atoms with Gasteiger partial charge in [0.15, 0.2) is 10.7 Å². The van der Waals surface area contributed by atoms with Crippen LogP contribution in [0, 0.1) is 13.8 Å². The number of benzene rings is 2. The van der Waals surface area contributed by atoms with Crippen LogP contribution in [0.25, 0.3) is 0 Å². The van der Waals surface area contributed by atoms with Crippen molar-refractivity contribution in [3.63, 3.8) is 0 Å². The predicted molar refractivity (Wildman–Crippen MR) is 106 cm³/mol. The van der Waals surface area contributed by atoms with Crippen molar-refractivity contribution in [1.82, 2.24) is 10.5 Å². The highest BCUT2D eigenvalue weighted by Gasteiger charge is 2.24. The summed E-state index contributed by atoms with van der Waals surface area (Å²) in [5.41, 5.74) is 1.80. The molecule has 1 heterocycles. The van der Waals surface area contributed by atoms with E-state index in [1.807, 2.05) is 18.2 Å². The average molecular weight is 420 g/mol. The van der Waals surface area contributed by atoms with Crippen molar-refractivity contribution < 1.29 is 17.7 Å². The zero-order valence-electron chi connectivity index (χ0n) is 15.2. The minimum Gasteiger partial charge on any atom is -0.360 e. The van der Waals surface area contributed by atoms with Crippen LogP contribution in [0.4, 0.5) is 5.69 Å². The predicted octanol–water partition coefficient (Wildman–Crippen LogP) is 3.68. The maximum atomic E-state index is 12.5. The number of amides is 1. The van der Waals surface area contributed by atoms with Gasteiger partial charge in [0.25, 0.3) is 15.9 Å². The summed E-state index contributed by atoms with van der Waals surface area (Å²) in [5.74, 6) is -0.0828. The van der Waals surface area contributed by atoms with Gasteiger partial charge >= 0.3 is 0 Å². The molecule has 0 unspecified atom stereocenters. The van der Waals surface area contributed by atoms with Gasteiger partial charge in [0.2, 0.25) is 0 Å². The van der Waals surface area contributed by atoms with Crippen LogP contribution in [-0.4, -0.2) is 19.5 Å². The SMILES string of the molecule is Cc1noc(C)c1S(=O)(=O)Nc1ccc(C(=O)NCc2ccccc2Cl)cc1. The van der Waals surface area contributed by atoms with Gasteiger partial charge in [0.1, 0.15) is 5.69 Å². The van der Waals surface area contributed by atoms with Gasteiger partial charge in [-0.2, -0.15) is 0 Å². The number of carbonyl (C=O) groups is 1. The Bertz CT molecular complexity index is 1090. The number of aromatic nitrogens is 1. The highest BCUT2D eigenvalue weighted by Crippen LogP contribution is 2.22. The monoisotopic (exact) mass is 419 g/mol. The lowest BCUT2D eigenvalue weighted by Crippen LogP contribution is -2.23. The molecule has 0 saturated heterocycles. The molecule has 1 aromatic heterocycles. The molecule has 0 aliphatic rings. The summed E-state index contributed by atoms with van der Waals surface area (Å²) in [5, 5.41) is 7.01. The number of nitrogens with zero attached hydrogens (tertiary/aromatic N) is 1. The van der Waals surface area contributed by atoms with Crippen molar-refractivity contribution in [2.24, 2.45) is 0 Å². The summed E-state index contributed by atoms with van der Waals surface area (Å²) in [7, 11) is -3.84. The first-order chi connectivity index (χ1) is 13.3. The first-order valence-corrected chi connectivity index (χ1v) is 10.2. The number of anilines is 1.